The van der Waals surface area contributed by atoms with Crippen LogP contribution in [-0.2, 0) is 16.0 Å². The van der Waals surface area contributed by atoms with Crippen LogP contribution in [0.15, 0.2) is 78.9 Å². The van der Waals surface area contributed by atoms with Gasteiger partial charge in [-0.1, -0.05) is 54.6 Å². The number of aliphatic hydroxyl groups is 1. The zero-order chi connectivity index (χ0) is 27.2. The summed E-state index contributed by atoms with van der Waals surface area (Å²) in [6.07, 6.45) is 1.97. The van der Waals surface area contributed by atoms with Gasteiger partial charge in [0.2, 0.25) is 0 Å². The van der Waals surface area contributed by atoms with Crippen LogP contribution in [0.25, 0.3) is 11.1 Å². The molecule has 3 aromatic rings. The molecule has 2 aliphatic heterocycles. The average molecular weight is 527 g/mol. The second-order valence-electron chi connectivity index (χ2n) is 10.4. The van der Waals surface area contributed by atoms with Crippen LogP contribution in [0.2, 0.25) is 0 Å². The fourth-order valence-electron chi connectivity index (χ4n) is 5.60. The van der Waals surface area contributed by atoms with Gasteiger partial charge in [-0.15, -0.1) is 0 Å². The Morgan fingerprint density at radius 2 is 1.38 bits per heavy atom. The van der Waals surface area contributed by atoms with Crippen LogP contribution in [0, 0.1) is 5.92 Å². The number of carbonyl (C=O) groups excluding carboxylic acids is 3. The molecule has 3 aromatic carbocycles. The Morgan fingerprint density at radius 3 is 2.08 bits per heavy atom. The van der Waals surface area contributed by atoms with Crippen molar-refractivity contribution in [3.8, 4) is 11.1 Å². The Morgan fingerprint density at radius 1 is 0.795 bits per heavy atom. The molecule has 0 saturated carbocycles. The monoisotopic (exact) mass is 526 g/mol. The summed E-state index contributed by atoms with van der Waals surface area (Å²) in [5, 5.41) is 11.4. The van der Waals surface area contributed by atoms with E-state index in [0.29, 0.717) is 69.6 Å². The van der Waals surface area contributed by atoms with Crippen molar-refractivity contribution in [1.82, 2.24) is 9.80 Å². The van der Waals surface area contributed by atoms with Crippen molar-refractivity contribution < 1.29 is 24.2 Å². The van der Waals surface area contributed by atoms with Crippen molar-refractivity contribution in [3.05, 3.63) is 95.6 Å². The maximum Gasteiger partial charge on any atom is 0.254 e. The van der Waals surface area contributed by atoms with Crippen molar-refractivity contribution in [2.24, 2.45) is 5.92 Å². The van der Waals surface area contributed by atoms with Gasteiger partial charge in [0.05, 0.1) is 13.2 Å². The molecule has 2 fully saturated rings. The minimum atomic E-state index is -1.52. The van der Waals surface area contributed by atoms with E-state index >= 15 is 0 Å². The minimum absolute atomic E-state index is 0.0104. The third-order valence-electron chi connectivity index (χ3n) is 7.87. The third kappa shape index (κ3) is 6.10. The van der Waals surface area contributed by atoms with E-state index in [4.69, 9.17) is 4.74 Å². The third-order valence-corrected chi connectivity index (χ3v) is 7.87. The normalized spacial score (nSPS) is 17.9. The molecule has 7 nitrogen and oxygen atoms in total. The second kappa shape index (κ2) is 11.9. The summed E-state index contributed by atoms with van der Waals surface area (Å²) in [7, 11) is 0. The summed E-state index contributed by atoms with van der Waals surface area (Å²) in [6, 6.07) is 24.5. The first-order valence-electron chi connectivity index (χ1n) is 13.6. The number of hydrogen-bond donors (Lipinski definition) is 1. The Hall–Kier alpha value is -3.81. The molecule has 0 bridgehead atoms. The Kier molecular flexibility index (Phi) is 8.19. The zero-order valence-corrected chi connectivity index (χ0v) is 22.0. The molecule has 0 spiro atoms. The second-order valence-corrected chi connectivity index (χ2v) is 10.4. The summed E-state index contributed by atoms with van der Waals surface area (Å²) in [6.45, 7) is 3.27. The van der Waals surface area contributed by atoms with Crippen LogP contribution in [-0.4, -0.2) is 78.0 Å². The molecule has 0 aromatic heterocycles. The lowest BCUT2D eigenvalue weighted by Gasteiger charge is -2.38. The summed E-state index contributed by atoms with van der Waals surface area (Å²) in [4.78, 5) is 41.6. The highest BCUT2D eigenvalue weighted by atomic mass is 16.5. The summed E-state index contributed by atoms with van der Waals surface area (Å²) in [5.41, 5.74) is 2.41. The highest BCUT2D eigenvalue weighted by Gasteiger charge is 2.39. The lowest BCUT2D eigenvalue weighted by molar-refractivity contribution is -0.131. The number of amides is 2. The first kappa shape index (κ1) is 26.8. The SMILES string of the molecule is O=CC(O)(Cc1cccc(-c2cccc(C(=O)N3CCOCC3)c2)c1)C1CCN(C(=O)c2ccccc2)CC1. The number of benzene rings is 3. The number of nitrogens with zero attached hydrogens (tertiary/aromatic N) is 2. The Bertz CT molecular complexity index is 1310. The van der Waals surface area contributed by atoms with Gasteiger partial charge in [-0.05, 0) is 59.7 Å². The number of likely N-dealkylation sites (tertiary alicyclic amines) is 1. The van der Waals surface area contributed by atoms with E-state index in [1.54, 1.807) is 17.0 Å². The van der Waals surface area contributed by atoms with E-state index in [9.17, 15) is 19.5 Å². The van der Waals surface area contributed by atoms with Gasteiger partial charge < -0.3 is 24.4 Å². The van der Waals surface area contributed by atoms with Gasteiger partial charge in [-0.25, -0.2) is 0 Å². The van der Waals surface area contributed by atoms with Gasteiger partial charge in [0.15, 0.2) is 6.29 Å². The molecule has 2 heterocycles. The first-order chi connectivity index (χ1) is 19.0. The number of carbonyl (C=O) groups is 3. The molecule has 1 atom stereocenters. The highest BCUT2D eigenvalue weighted by molar-refractivity contribution is 5.95. The molecule has 7 heteroatoms. The maximum absolute atomic E-state index is 13.0. The van der Waals surface area contributed by atoms with Gasteiger partial charge in [0.1, 0.15) is 5.60 Å². The van der Waals surface area contributed by atoms with Crippen LogP contribution in [0.1, 0.15) is 39.1 Å². The quantitative estimate of drug-likeness (QED) is 0.473. The van der Waals surface area contributed by atoms with Crippen molar-refractivity contribution in [1.29, 1.82) is 0 Å². The van der Waals surface area contributed by atoms with Crippen LogP contribution < -0.4 is 0 Å². The van der Waals surface area contributed by atoms with E-state index in [1.165, 1.54) is 0 Å². The van der Waals surface area contributed by atoms with Crippen molar-refractivity contribution >= 4 is 18.1 Å². The van der Waals surface area contributed by atoms with Gasteiger partial charge >= 0.3 is 0 Å². The smallest absolute Gasteiger partial charge is 0.254 e. The molecule has 202 valence electrons. The van der Waals surface area contributed by atoms with Crippen molar-refractivity contribution in [3.63, 3.8) is 0 Å². The number of piperidine rings is 1. The largest absolute Gasteiger partial charge is 0.382 e. The molecule has 39 heavy (non-hydrogen) atoms. The van der Waals surface area contributed by atoms with Gasteiger partial charge in [-0.2, -0.15) is 0 Å². The minimum Gasteiger partial charge on any atom is -0.382 e. The van der Waals surface area contributed by atoms with E-state index in [1.807, 2.05) is 71.6 Å². The Labute approximate surface area is 229 Å². The summed E-state index contributed by atoms with van der Waals surface area (Å²) < 4.78 is 5.36. The van der Waals surface area contributed by atoms with Crippen molar-refractivity contribution in [2.75, 3.05) is 39.4 Å². The number of morpholine rings is 1. The number of hydrogen-bond acceptors (Lipinski definition) is 5. The molecule has 1 unspecified atom stereocenters. The molecule has 0 radical (unpaired) electrons. The fraction of sp³-hybridized carbons (Fsp3) is 0.344. The molecule has 2 amide bonds. The highest BCUT2D eigenvalue weighted by Crippen LogP contribution is 2.32. The summed E-state index contributed by atoms with van der Waals surface area (Å²) in [5.74, 6) is -0.276. The molecule has 1 N–H and O–H groups in total. The predicted octanol–water partition coefficient (Wildman–Crippen LogP) is 3.85. The van der Waals surface area contributed by atoms with Crippen LogP contribution in [0.5, 0.6) is 0 Å². The number of aldehydes is 1. The van der Waals surface area contributed by atoms with Gasteiger partial charge in [-0.3, -0.25) is 9.59 Å². The molecule has 5 rings (SSSR count). The van der Waals surface area contributed by atoms with Crippen LogP contribution >= 0.6 is 0 Å². The zero-order valence-electron chi connectivity index (χ0n) is 22.0. The van der Waals surface area contributed by atoms with Crippen LogP contribution in [0.3, 0.4) is 0 Å². The maximum atomic E-state index is 13.0. The number of ether oxygens (including phenoxy) is 1. The molecule has 2 saturated heterocycles. The average Bonchev–Trinajstić information content (AvgIpc) is 3.01. The standard InChI is InChI=1S/C32H34N2O5/c35-23-32(38,29-12-14-33(15-13-29)30(36)25-7-2-1-3-8-25)22-24-6-4-9-26(20-24)27-10-5-11-28(21-27)31(37)34-16-18-39-19-17-34/h1-11,20-21,23,29,38H,12-19,22H2. The Balaban J connectivity index is 1.27. The lowest BCUT2D eigenvalue weighted by atomic mass is 9.77. The van der Waals surface area contributed by atoms with Gasteiger partial charge in [0.25, 0.3) is 11.8 Å². The van der Waals surface area contributed by atoms with E-state index < -0.39 is 5.60 Å². The van der Waals surface area contributed by atoms with E-state index in [-0.39, 0.29) is 24.2 Å². The molecule has 0 aliphatic carbocycles. The van der Waals surface area contributed by atoms with E-state index in [0.717, 1.165) is 16.7 Å². The first-order valence-corrected chi connectivity index (χ1v) is 13.6. The predicted molar refractivity (Wildman–Crippen MR) is 148 cm³/mol. The van der Waals surface area contributed by atoms with Crippen molar-refractivity contribution in [2.45, 2.75) is 24.9 Å². The summed E-state index contributed by atoms with van der Waals surface area (Å²) >= 11 is 0. The molecular weight excluding hydrogens is 492 g/mol. The lowest BCUT2D eigenvalue weighted by Crippen LogP contribution is -2.49. The van der Waals surface area contributed by atoms with Crippen LogP contribution in [0.4, 0.5) is 0 Å². The number of rotatable bonds is 7. The molecular formula is C32H34N2O5. The fourth-order valence-corrected chi connectivity index (χ4v) is 5.60. The topological polar surface area (TPSA) is 87.2 Å². The molecule has 2 aliphatic rings. The van der Waals surface area contributed by atoms with Gasteiger partial charge in [0, 0.05) is 43.7 Å². The van der Waals surface area contributed by atoms with E-state index in [2.05, 4.69) is 0 Å².